The highest BCUT2D eigenvalue weighted by Gasteiger charge is 2.18. The molecule has 0 aliphatic carbocycles. The van der Waals surface area contributed by atoms with Gasteiger partial charge in [-0.2, -0.15) is 4.98 Å². The first-order chi connectivity index (χ1) is 20.2. The van der Waals surface area contributed by atoms with Gasteiger partial charge in [-0.15, -0.1) is 0 Å². The van der Waals surface area contributed by atoms with E-state index in [1.54, 1.807) is 49.5 Å². The summed E-state index contributed by atoms with van der Waals surface area (Å²) in [6.45, 7) is 2.65. The van der Waals surface area contributed by atoms with E-state index in [2.05, 4.69) is 30.6 Å². The van der Waals surface area contributed by atoms with Crippen molar-refractivity contribution in [3.8, 4) is 5.75 Å². The molecule has 4 rings (SSSR count). The average Bonchev–Trinajstić information content (AvgIpc) is 2.99. The second kappa shape index (κ2) is 14.7. The van der Waals surface area contributed by atoms with E-state index in [-0.39, 0.29) is 28.4 Å². The van der Waals surface area contributed by atoms with Crippen LogP contribution < -0.4 is 25.4 Å². The second-order valence-electron chi connectivity index (χ2n) is 8.81. The van der Waals surface area contributed by atoms with Crippen LogP contribution >= 0.6 is 35.6 Å². The zero-order valence-corrected chi connectivity index (χ0v) is 26.1. The molecule has 2 aromatic carbocycles. The van der Waals surface area contributed by atoms with Crippen LogP contribution in [0.25, 0.3) is 0 Å². The molecule has 1 aliphatic rings. The Morgan fingerprint density at radius 2 is 1.93 bits per heavy atom. The van der Waals surface area contributed by atoms with Crippen molar-refractivity contribution in [2.24, 2.45) is 0 Å². The zero-order valence-electron chi connectivity index (χ0n) is 22.8. The molecule has 1 aromatic heterocycles. The van der Waals surface area contributed by atoms with E-state index in [1.165, 1.54) is 25.1 Å². The molecule has 1 amide bonds. The lowest BCUT2D eigenvalue weighted by atomic mass is 10.1. The summed E-state index contributed by atoms with van der Waals surface area (Å²) >= 11 is 13.1. The van der Waals surface area contributed by atoms with Crippen molar-refractivity contribution < 1.29 is 22.7 Å². The van der Waals surface area contributed by atoms with Gasteiger partial charge in [-0.05, 0) is 24.3 Å². The number of sulfonamides is 1. The highest BCUT2D eigenvalue weighted by molar-refractivity contribution is 8.23. The number of halogens is 1. The number of rotatable bonds is 11. The molecule has 0 atom stereocenters. The lowest BCUT2D eigenvalue weighted by molar-refractivity contribution is 0.0702. The number of aromatic nitrogens is 2. The number of carbonyl (C=O) groups excluding carboxylic acids is 1. The van der Waals surface area contributed by atoms with Crippen LogP contribution in [0.1, 0.15) is 10.4 Å². The molecule has 3 aromatic rings. The first kappa shape index (κ1) is 31.6. The Balaban J connectivity index is 1.41. The van der Waals surface area contributed by atoms with E-state index < -0.39 is 10.0 Å². The Labute approximate surface area is 259 Å². The highest BCUT2D eigenvalue weighted by Crippen LogP contribution is 2.32. The van der Waals surface area contributed by atoms with Gasteiger partial charge >= 0.3 is 0 Å². The number of hydrogen-bond acceptors (Lipinski definition) is 11. The van der Waals surface area contributed by atoms with Gasteiger partial charge in [0.1, 0.15) is 15.1 Å². The van der Waals surface area contributed by atoms with Gasteiger partial charge in [0.15, 0.2) is 5.82 Å². The normalized spacial score (nSPS) is 13.3. The Kier molecular flexibility index (Phi) is 11.0. The van der Waals surface area contributed by atoms with Gasteiger partial charge in [0, 0.05) is 32.0 Å². The molecule has 1 saturated heterocycles. The summed E-state index contributed by atoms with van der Waals surface area (Å²) in [5.41, 5.74) is 1.76. The van der Waals surface area contributed by atoms with Crippen LogP contribution in [0.15, 0.2) is 48.7 Å². The number of morpholine rings is 1. The second-order valence-corrected chi connectivity index (χ2v) is 12.8. The molecule has 1 fully saturated rings. The van der Waals surface area contributed by atoms with Crippen molar-refractivity contribution in [1.29, 1.82) is 0 Å². The Morgan fingerprint density at radius 3 is 2.67 bits per heavy atom. The van der Waals surface area contributed by atoms with Gasteiger partial charge in [0.25, 0.3) is 5.91 Å². The Morgan fingerprint density at radius 1 is 1.17 bits per heavy atom. The maximum absolute atomic E-state index is 12.7. The smallest absolute Gasteiger partial charge is 0.253 e. The van der Waals surface area contributed by atoms with Crippen LogP contribution in [-0.4, -0.2) is 85.5 Å². The van der Waals surface area contributed by atoms with Crippen LogP contribution in [0.2, 0.25) is 5.02 Å². The van der Waals surface area contributed by atoms with Gasteiger partial charge in [-0.1, -0.05) is 47.7 Å². The summed E-state index contributed by atoms with van der Waals surface area (Å²) < 4.78 is 39.5. The molecule has 224 valence electrons. The molecular formula is C26H30ClN7O5S3. The number of para-hydroxylation sites is 1. The number of thiocarbonyl (C=S) groups is 1. The van der Waals surface area contributed by atoms with E-state index >= 15 is 0 Å². The van der Waals surface area contributed by atoms with E-state index in [0.717, 1.165) is 0 Å². The molecule has 0 bridgehead atoms. The molecule has 2 heterocycles. The number of carbonyl (C=O) groups is 1. The van der Waals surface area contributed by atoms with Gasteiger partial charge in [0.05, 0.1) is 54.9 Å². The molecule has 0 spiro atoms. The van der Waals surface area contributed by atoms with Gasteiger partial charge in [-0.3, -0.25) is 9.52 Å². The summed E-state index contributed by atoms with van der Waals surface area (Å²) in [6, 6.07) is 11.7. The van der Waals surface area contributed by atoms with Crippen molar-refractivity contribution in [1.82, 2.24) is 20.2 Å². The molecule has 0 unspecified atom stereocenters. The average molecular weight is 652 g/mol. The van der Waals surface area contributed by atoms with Gasteiger partial charge in [-0.25, -0.2) is 13.4 Å². The quantitative estimate of drug-likeness (QED) is 0.222. The van der Waals surface area contributed by atoms with Crippen molar-refractivity contribution >= 4 is 84.7 Å². The van der Waals surface area contributed by atoms with E-state index in [4.69, 9.17) is 33.3 Å². The lowest BCUT2D eigenvalue weighted by Crippen LogP contribution is -2.38. The van der Waals surface area contributed by atoms with Crippen molar-refractivity contribution in [3.05, 3.63) is 59.2 Å². The molecule has 16 heteroatoms. The Hall–Kier alpha value is -3.37. The molecule has 0 saturated carbocycles. The van der Waals surface area contributed by atoms with Crippen LogP contribution in [0, 0.1) is 0 Å². The number of methoxy groups -OCH3 is 1. The number of ether oxygens (including phenoxy) is 2. The third-order valence-electron chi connectivity index (χ3n) is 5.96. The fourth-order valence-corrected chi connectivity index (χ4v) is 6.76. The molecular weight excluding hydrogens is 622 g/mol. The number of thioether (sulfide) groups is 1. The van der Waals surface area contributed by atoms with Gasteiger partial charge < -0.3 is 30.3 Å². The third kappa shape index (κ3) is 8.58. The Bertz CT molecular complexity index is 1540. The van der Waals surface area contributed by atoms with E-state index in [9.17, 15) is 13.2 Å². The SMILES string of the molecule is CNC(=O)c1ccccc1Nc1nc(Nc2ccc(NS(=O)(=O)CCSC(=S)N3CCOCC3)cc2OC)ncc1Cl. The van der Waals surface area contributed by atoms with Crippen LogP contribution in [0.5, 0.6) is 5.75 Å². The van der Waals surface area contributed by atoms with Crippen molar-refractivity contribution in [2.75, 3.05) is 67.3 Å². The summed E-state index contributed by atoms with van der Waals surface area (Å²) in [5, 5.41) is 8.98. The van der Waals surface area contributed by atoms with Crippen LogP contribution in [0.4, 0.5) is 28.8 Å². The summed E-state index contributed by atoms with van der Waals surface area (Å²) in [4.78, 5) is 22.9. The monoisotopic (exact) mass is 651 g/mol. The number of hydrogen-bond donors (Lipinski definition) is 4. The minimum Gasteiger partial charge on any atom is -0.494 e. The number of anilines is 5. The topological polar surface area (TPSA) is 147 Å². The third-order valence-corrected chi connectivity index (χ3v) is 9.31. The minimum absolute atomic E-state index is 0.109. The van der Waals surface area contributed by atoms with E-state index in [1.807, 2.05) is 4.90 Å². The highest BCUT2D eigenvalue weighted by atomic mass is 35.5. The first-order valence-electron chi connectivity index (χ1n) is 12.7. The predicted molar refractivity (Wildman–Crippen MR) is 171 cm³/mol. The molecule has 4 N–H and O–H groups in total. The number of benzene rings is 2. The molecule has 42 heavy (non-hydrogen) atoms. The minimum atomic E-state index is -3.64. The summed E-state index contributed by atoms with van der Waals surface area (Å²) in [5.74, 6) is 0.773. The molecule has 1 aliphatic heterocycles. The van der Waals surface area contributed by atoms with Gasteiger partial charge in [0.2, 0.25) is 16.0 Å². The maximum Gasteiger partial charge on any atom is 0.253 e. The molecule has 0 radical (unpaired) electrons. The number of nitrogens with one attached hydrogen (secondary N) is 4. The fourth-order valence-electron chi connectivity index (χ4n) is 3.85. The van der Waals surface area contributed by atoms with Crippen LogP contribution in [0.3, 0.4) is 0 Å². The van der Waals surface area contributed by atoms with Crippen molar-refractivity contribution in [2.45, 2.75) is 0 Å². The summed E-state index contributed by atoms with van der Waals surface area (Å²) in [7, 11) is -0.623. The van der Waals surface area contributed by atoms with Crippen LogP contribution in [-0.2, 0) is 14.8 Å². The number of nitrogens with zero attached hydrogens (tertiary/aromatic N) is 3. The summed E-state index contributed by atoms with van der Waals surface area (Å²) in [6.07, 6.45) is 1.42. The maximum atomic E-state index is 12.7. The first-order valence-corrected chi connectivity index (χ1v) is 16.2. The standard InChI is InChI=1S/C26H30ClN7O5S3/c1-28-24(35)18-5-3-4-6-20(18)30-23-19(27)16-29-25(32-23)31-21-8-7-17(15-22(21)38-2)33-42(36,37)14-13-41-26(40)34-9-11-39-12-10-34/h3-8,15-16,33H,9-14H2,1-2H3,(H,28,35)(H2,29,30,31,32). The predicted octanol–water partition coefficient (Wildman–Crippen LogP) is 4.08. The number of amides is 1. The largest absolute Gasteiger partial charge is 0.494 e. The van der Waals surface area contributed by atoms with E-state index in [0.29, 0.717) is 64.8 Å². The fraction of sp³-hybridized carbons (Fsp3) is 0.308. The zero-order chi connectivity index (χ0) is 30.1. The molecule has 12 nitrogen and oxygen atoms in total. The lowest BCUT2D eigenvalue weighted by Gasteiger charge is -2.28. The van der Waals surface area contributed by atoms with Crippen molar-refractivity contribution in [3.63, 3.8) is 0 Å².